The molecule has 0 radical (unpaired) electrons. The van der Waals surface area contributed by atoms with Gasteiger partial charge in [-0.25, -0.2) is 4.98 Å². The maximum Gasteiger partial charge on any atom is 0.295 e. The zero-order valence-electron chi connectivity index (χ0n) is 12.5. The fourth-order valence-electron chi connectivity index (χ4n) is 2.23. The van der Waals surface area contributed by atoms with E-state index in [2.05, 4.69) is 10.3 Å². The van der Waals surface area contributed by atoms with Gasteiger partial charge in [-0.2, -0.15) is 11.8 Å². The van der Waals surface area contributed by atoms with Gasteiger partial charge in [-0.05, 0) is 23.8 Å². The van der Waals surface area contributed by atoms with Crippen molar-refractivity contribution in [2.75, 3.05) is 31.3 Å². The molecule has 1 aromatic rings. The number of thioether (sulfide) groups is 1. The molecule has 2 heterocycles. The molecule has 0 spiro atoms. The van der Waals surface area contributed by atoms with Crippen molar-refractivity contribution in [3.63, 3.8) is 0 Å². The van der Waals surface area contributed by atoms with Crippen molar-refractivity contribution in [3.8, 4) is 0 Å². The van der Waals surface area contributed by atoms with E-state index in [1.165, 1.54) is 11.8 Å². The molecule has 0 unspecified atom stereocenters. The number of nitro groups is 1. The summed E-state index contributed by atoms with van der Waals surface area (Å²) >= 11 is 7.14. The lowest BCUT2D eigenvalue weighted by molar-refractivity contribution is -0.425. The average Bonchev–Trinajstić information content (AvgIpc) is 2.97. The lowest BCUT2D eigenvalue weighted by Gasteiger charge is -2.18. The van der Waals surface area contributed by atoms with Crippen LogP contribution in [0, 0.1) is 10.1 Å². The minimum atomic E-state index is -0.398. The smallest absolute Gasteiger partial charge is 0.295 e. The number of halogens is 2. The van der Waals surface area contributed by atoms with Crippen LogP contribution < -0.4 is 5.32 Å². The molecule has 0 aromatic carbocycles. The fourth-order valence-corrected chi connectivity index (χ4v) is 3.23. The van der Waals surface area contributed by atoms with E-state index in [4.69, 9.17) is 11.6 Å². The zero-order chi connectivity index (χ0) is 16.7. The van der Waals surface area contributed by atoms with E-state index in [-0.39, 0.29) is 16.4 Å². The number of nitrogens with zero attached hydrogens (tertiary/aromatic N) is 3. The Hall–Kier alpha value is -1.54. The van der Waals surface area contributed by atoms with E-state index in [1.807, 2.05) is 11.0 Å². The van der Waals surface area contributed by atoms with Crippen LogP contribution in [0.4, 0.5) is 4.39 Å². The van der Waals surface area contributed by atoms with Crippen LogP contribution >= 0.6 is 23.4 Å². The zero-order valence-corrected chi connectivity index (χ0v) is 14.1. The second-order valence-electron chi connectivity index (χ2n) is 4.99. The second-order valence-corrected chi connectivity index (χ2v) is 6.48. The van der Waals surface area contributed by atoms with Crippen LogP contribution in [0.2, 0.25) is 5.15 Å². The van der Waals surface area contributed by atoms with Gasteiger partial charge in [0.05, 0.1) is 17.4 Å². The molecule has 6 nitrogen and oxygen atoms in total. The van der Waals surface area contributed by atoms with Gasteiger partial charge in [-0.1, -0.05) is 17.7 Å². The molecule has 9 heteroatoms. The highest BCUT2D eigenvalue weighted by Gasteiger charge is 2.27. The molecule has 0 saturated carbocycles. The Morgan fingerprint density at radius 3 is 3.04 bits per heavy atom. The molecular weight excluding hydrogens is 343 g/mol. The van der Waals surface area contributed by atoms with Gasteiger partial charge >= 0.3 is 0 Å². The summed E-state index contributed by atoms with van der Waals surface area (Å²) in [5, 5.41) is 14.9. The highest BCUT2D eigenvalue weighted by atomic mass is 35.5. The molecule has 126 valence electrons. The Bertz CT molecular complexity index is 570. The van der Waals surface area contributed by atoms with Crippen molar-refractivity contribution in [1.29, 1.82) is 0 Å². The summed E-state index contributed by atoms with van der Waals surface area (Å²) < 4.78 is 12.1. The Kier molecular flexibility index (Phi) is 6.91. The SMILES string of the molecule is O=[N+]([O-])/C(CSCCCF)=C1\NCCN1Cc1ccc(Cl)nc1. The van der Waals surface area contributed by atoms with Crippen molar-refractivity contribution in [3.05, 3.63) is 50.7 Å². The molecule has 1 aliphatic rings. The Morgan fingerprint density at radius 1 is 1.57 bits per heavy atom. The molecule has 0 bridgehead atoms. The van der Waals surface area contributed by atoms with Crippen molar-refractivity contribution in [1.82, 2.24) is 15.2 Å². The van der Waals surface area contributed by atoms with E-state index in [1.54, 1.807) is 12.3 Å². The van der Waals surface area contributed by atoms with Crippen LogP contribution in [0.25, 0.3) is 0 Å². The van der Waals surface area contributed by atoms with Gasteiger partial charge in [-0.3, -0.25) is 14.5 Å². The summed E-state index contributed by atoms with van der Waals surface area (Å²) in [7, 11) is 0. The first kappa shape index (κ1) is 17.8. The third-order valence-corrected chi connectivity index (χ3v) is 4.59. The van der Waals surface area contributed by atoms with Crippen LogP contribution in [0.5, 0.6) is 0 Å². The maximum absolute atomic E-state index is 12.1. The van der Waals surface area contributed by atoms with E-state index >= 15 is 0 Å². The first-order valence-electron chi connectivity index (χ1n) is 7.22. The van der Waals surface area contributed by atoms with Crippen molar-refractivity contribution in [2.45, 2.75) is 13.0 Å². The van der Waals surface area contributed by atoms with Gasteiger partial charge in [0.25, 0.3) is 5.70 Å². The maximum atomic E-state index is 12.1. The minimum Gasteiger partial charge on any atom is -0.365 e. The predicted molar refractivity (Wildman–Crippen MR) is 89.6 cm³/mol. The van der Waals surface area contributed by atoms with Crippen LogP contribution in [0.3, 0.4) is 0 Å². The number of nitrogens with one attached hydrogen (secondary N) is 1. The molecule has 1 N–H and O–H groups in total. The van der Waals surface area contributed by atoms with Crippen LogP contribution in [-0.2, 0) is 6.54 Å². The number of hydrogen-bond donors (Lipinski definition) is 1. The largest absolute Gasteiger partial charge is 0.365 e. The average molecular weight is 361 g/mol. The van der Waals surface area contributed by atoms with Gasteiger partial charge in [0.2, 0.25) is 0 Å². The van der Waals surface area contributed by atoms with E-state index < -0.39 is 6.67 Å². The number of rotatable bonds is 8. The number of aromatic nitrogens is 1. The van der Waals surface area contributed by atoms with Crippen molar-refractivity contribution >= 4 is 23.4 Å². The Balaban J connectivity index is 2.08. The summed E-state index contributed by atoms with van der Waals surface area (Å²) in [4.78, 5) is 17.0. The second kappa shape index (κ2) is 8.93. The lowest BCUT2D eigenvalue weighted by Crippen LogP contribution is -2.24. The van der Waals surface area contributed by atoms with Crippen molar-refractivity contribution < 1.29 is 9.31 Å². The molecule has 2 rings (SSSR count). The Labute approximate surface area is 143 Å². The summed E-state index contributed by atoms with van der Waals surface area (Å²) in [6.45, 7) is 1.47. The standard InChI is InChI=1S/C14H18ClFN4O2S/c15-13-3-2-11(8-18-13)9-19-6-5-17-14(19)12(20(21)22)10-23-7-1-4-16/h2-3,8,17H,1,4-7,9-10H2/b14-12+. The monoisotopic (exact) mass is 360 g/mol. The summed E-state index contributed by atoms with van der Waals surface area (Å²) in [6, 6.07) is 3.55. The summed E-state index contributed by atoms with van der Waals surface area (Å²) in [5.41, 5.74) is 1.07. The molecule has 23 heavy (non-hydrogen) atoms. The van der Waals surface area contributed by atoms with Gasteiger partial charge in [0.15, 0.2) is 5.82 Å². The van der Waals surface area contributed by atoms with E-state index in [0.29, 0.717) is 42.8 Å². The number of hydrogen-bond acceptors (Lipinski definition) is 6. The number of alkyl halides is 1. The third kappa shape index (κ3) is 5.24. The highest BCUT2D eigenvalue weighted by Crippen LogP contribution is 2.20. The Morgan fingerprint density at radius 2 is 2.39 bits per heavy atom. The molecule has 0 atom stereocenters. The first-order valence-corrected chi connectivity index (χ1v) is 8.75. The topological polar surface area (TPSA) is 71.3 Å². The van der Waals surface area contributed by atoms with Gasteiger partial charge in [0, 0.05) is 25.8 Å². The number of pyridine rings is 1. The van der Waals surface area contributed by atoms with Crippen LogP contribution in [0.1, 0.15) is 12.0 Å². The normalized spacial score (nSPS) is 16.3. The lowest BCUT2D eigenvalue weighted by atomic mass is 10.2. The van der Waals surface area contributed by atoms with E-state index in [9.17, 15) is 14.5 Å². The quantitative estimate of drug-likeness (QED) is 0.332. The highest BCUT2D eigenvalue weighted by molar-refractivity contribution is 7.99. The molecule has 1 saturated heterocycles. The van der Waals surface area contributed by atoms with Crippen LogP contribution in [0.15, 0.2) is 29.8 Å². The van der Waals surface area contributed by atoms with Crippen LogP contribution in [-0.4, -0.2) is 46.1 Å². The summed E-state index contributed by atoms with van der Waals surface area (Å²) in [6.07, 6.45) is 2.08. The molecule has 1 aromatic heterocycles. The first-order chi connectivity index (χ1) is 11.1. The molecular formula is C14H18ClFN4O2S. The van der Waals surface area contributed by atoms with Gasteiger partial charge in [0.1, 0.15) is 5.15 Å². The van der Waals surface area contributed by atoms with Gasteiger partial charge in [-0.15, -0.1) is 0 Å². The predicted octanol–water partition coefficient (Wildman–Crippen LogP) is 2.68. The minimum absolute atomic E-state index is 0.133. The van der Waals surface area contributed by atoms with E-state index in [0.717, 1.165) is 5.56 Å². The third-order valence-electron chi connectivity index (χ3n) is 3.31. The van der Waals surface area contributed by atoms with Gasteiger partial charge < -0.3 is 10.2 Å². The molecule has 0 aliphatic carbocycles. The molecule has 1 aliphatic heterocycles. The fraction of sp³-hybridized carbons (Fsp3) is 0.500. The molecule has 1 fully saturated rings. The van der Waals surface area contributed by atoms with Crippen molar-refractivity contribution in [2.24, 2.45) is 0 Å². The molecule has 0 amide bonds. The summed E-state index contributed by atoms with van der Waals surface area (Å²) in [5.74, 6) is 1.37.